The van der Waals surface area contributed by atoms with E-state index in [1.807, 2.05) is 36.1 Å². The van der Waals surface area contributed by atoms with Crippen molar-refractivity contribution >= 4 is 21.8 Å². The second-order valence-corrected chi connectivity index (χ2v) is 5.56. The average Bonchev–Trinajstić information content (AvgIpc) is 2.67. The number of rotatable bonds is 3. The summed E-state index contributed by atoms with van der Waals surface area (Å²) in [6.45, 7) is 2.80. The number of halogens is 1. The maximum absolute atomic E-state index is 11.9. The zero-order valence-corrected chi connectivity index (χ0v) is 11.6. The molecule has 2 atom stereocenters. The Morgan fingerprint density at radius 1 is 1.47 bits per heavy atom. The number of carbonyl (C=O) groups is 1. The van der Waals surface area contributed by atoms with Gasteiger partial charge in [0, 0.05) is 23.4 Å². The van der Waals surface area contributed by atoms with Crippen LogP contribution in [0, 0.1) is 0 Å². The smallest absolute Gasteiger partial charge is 0.224 e. The minimum absolute atomic E-state index is 0.0567. The van der Waals surface area contributed by atoms with Crippen molar-refractivity contribution in [3.8, 4) is 5.75 Å². The van der Waals surface area contributed by atoms with Crippen molar-refractivity contribution in [1.82, 2.24) is 4.90 Å². The molecule has 1 heterocycles. The van der Waals surface area contributed by atoms with E-state index in [0.29, 0.717) is 6.42 Å². The third kappa shape index (κ3) is 2.46. The molecule has 3 nitrogen and oxygen atoms in total. The Kier molecular flexibility index (Phi) is 3.72. The third-order valence-corrected chi connectivity index (χ3v) is 3.78. The lowest BCUT2D eigenvalue weighted by Crippen LogP contribution is -2.28. The lowest BCUT2D eigenvalue weighted by atomic mass is 10.1. The van der Waals surface area contributed by atoms with E-state index in [0.717, 1.165) is 17.9 Å². The summed E-state index contributed by atoms with van der Waals surface area (Å²) in [7, 11) is 1.66. The van der Waals surface area contributed by atoms with E-state index in [4.69, 9.17) is 4.74 Å². The minimum Gasteiger partial charge on any atom is -0.496 e. The molecule has 4 heteroatoms. The van der Waals surface area contributed by atoms with Crippen molar-refractivity contribution in [2.75, 3.05) is 13.7 Å². The van der Waals surface area contributed by atoms with Gasteiger partial charge in [-0.25, -0.2) is 0 Å². The molecule has 1 aromatic carbocycles. The Hall–Kier alpha value is -1.03. The topological polar surface area (TPSA) is 29.5 Å². The van der Waals surface area contributed by atoms with Gasteiger partial charge in [0.05, 0.1) is 13.2 Å². The molecule has 0 N–H and O–H groups in total. The number of amides is 1. The van der Waals surface area contributed by atoms with E-state index >= 15 is 0 Å². The van der Waals surface area contributed by atoms with Crippen LogP contribution in [-0.4, -0.2) is 29.3 Å². The molecular weight excluding hydrogens is 282 g/mol. The molecule has 0 saturated carbocycles. The molecule has 1 saturated heterocycles. The predicted molar refractivity (Wildman–Crippen MR) is 70.5 cm³/mol. The van der Waals surface area contributed by atoms with Gasteiger partial charge in [0.1, 0.15) is 5.75 Å². The molecule has 1 aromatic rings. The van der Waals surface area contributed by atoms with Gasteiger partial charge in [-0.05, 0) is 13.0 Å². The molecule has 0 spiro atoms. The average molecular weight is 298 g/mol. The van der Waals surface area contributed by atoms with Gasteiger partial charge in [-0.15, -0.1) is 0 Å². The fraction of sp³-hybridized carbons (Fsp3) is 0.462. The van der Waals surface area contributed by atoms with E-state index in [2.05, 4.69) is 15.9 Å². The summed E-state index contributed by atoms with van der Waals surface area (Å²) in [6.07, 6.45) is 0.583. The summed E-state index contributed by atoms with van der Waals surface area (Å²) in [5, 5.41) is 0. The molecule has 0 bridgehead atoms. The number of likely N-dealkylation sites (tertiary alicyclic amines) is 1. The van der Waals surface area contributed by atoms with Gasteiger partial charge >= 0.3 is 0 Å². The Morgan fingerprint density at radius 3 is 2.76 bits per heavy atom. The largest absolute Gasteiger partial charge is 0.496 e. The monoisotopic (exact) mass is 297 g/mol. The van der Waals surface area contributed by atoms with Crippen molar-refractivity contribution in [1.29, 1.82) is 0 Å². The van der Waals surface area contributed by atoms with E-state index in [-0.39, 0.29) is 16.8 Å². The van der Waals surface area contributed by atoms with Crippen LogP contribution in [-0.2, 0) is 4.79 Å². The lowest BCUT2D eigenvalue weighted by molar-refractivity contribution is -0.129. The van der Waals surface area contributed by atoms with Gasteiger partial charge in [0.2, 0.25) is 5.91 Å². The number of alkyl halides is 1. The summed E-state index contributed by atoms with van der Waals surface area (Å²) in [5.74, 6) is 1.04. The molecule has 1 aliphatic heterocycles. The van der Waals surface area contributed by atoms with Gasteiger partial charge in [0.15, 0.2) is 0 Å². The Balaban J connectivity index is 2.25. The fourth-order valence-corrected chi connectivity index (χ4v) is 2.83. The number of methoxy groups -OCH3 is 1. The van der Waals surface area contributed by atoms with Crippen molar-refractivity contribution < 1.29 is 9.53 Å². The molecule has 0 aliphatic carbocycles. The van der Waals surface area contributed by atoms with Crippen LogP contribution in [0.4, 0.5) is 0 Å². The Labute approximate surface area is 110 Å². The summed E-state index contributed by atoms with van der Waals surface area (Å²) < 4.78 is 5.34. The lowest BCUT2D eigenvalue weighted by Gasteiger charge is -2.26. The highest BCUT2D eigenvalue weighted by Crippen LogP contribution is 2.32. The second-order valence-electron chi connectivity index (χ2n) is 4.27. The van der Waals surface area contributed by atoms with Crippen molar-refractivity contribution in [3.63, 3.8) is 0 Å². The van der Waals surface area contributed by atoms with Crippen LogP contribution in [0.1, 0.15) is 24.9 Å². The number of hydrogen-bond acceptors (Lipinski definition) is 2. The molecule has 0 radical (unpaired) electrons. The summed E-state index contributed by atoms with van der Waals surface area (Å²) >= 11 is 3.50. The zero-order chi connectivity index (χ0) is 12.4. The molecule has 1 aliphatic rings. The van der Waals surface area contributed by atoms with Crippen LogP contribution < -0.4 is 4.74 Å². The molecule has 0 aromatic heterocycles. The highest BCUT2D eigenvalue weighted by atomic mass is 79.9. The van der Waals surface area contributed by atoms with Crippen LogP contribution >= 0.6 is 15.9 Å². The summed E-state index contributed by atoms with van der Waals surface area (Å²) in [4.78, 5) is 14.0. The van der Waals surface area contributed by atoms with E-state index in [1.165, 1.54) is 0 Å². The highest BCUT2D eigenvalue weighted by molar-refractivity contribution is 9.09. The first-order chi connectivity index (χ1) is 8.13. The first-order valence-corrected chi connectivity index (χ1v) is 6.61. The minimum atomic E-state index is 0.0567. The SMILES string of the molecule is COc1ccccc1C(C)N1CC(Br)CC1=O. The van der Waals surface area contributed by atoms with E-state index in [1.54, 1.807) is 7.11 Å². The predicted octanol–water partition coefficient (Wildman–Crippen LogP) is 2.75. The standard InChI is InChI=1S/C13H16BrNO2/c1-9(15-8-10(14)7-13(15)16)11-5-3-4-6-12(11)17-2/h3-6,9-10H,7-8H2,1-2H3. The van der Waals surface area contributed by atoms with Crippen LogP contribution in [0.5, 0.6) is 5.75 Å². The fourth-order valence-electron chi connectivity index (χ4n) is 2.24. The van der Waals surface area contributed by atoms with Crippen molar-refractivity contribution in [2.24, 2.45) is 0 Å². The second kappa shape index (κ2) is 5.08. The van der Waals surface area contributed by atoms with Crippen molar-refractivity contribution in [3.05, 3.63) is 29.8 Å². The Bertz CT molecular complexity index is 422. The van der Waals surface area contributed by atoms with Crippen LogP contribution in [0.15, 0.2) is 24.3 Å². The number of nitrogens with zero attached hydrogens (tertiary/aromatic N) is 1. The molecular formula is C13H16BrNO2. The first-order valence-electron chi connectivity index (χ1n) is 5.70. The van der Waals surface area contributed by atoms with Gasteiger partial charge < -0.3 is 9.64 Å². The van der Waals surface area contributed by atoms with E-state index < -0.39 is 0 Å². The highest BCUT2D eigenvalue weighted by Gasteiger charge is 2.32. The molecule has 2 unspecified atom stereocenters. The van der Waals surface area contributed by atoms with Crippen LogP contribution in [0.3, 0.4) is 0 Å². The van der Waals surface area contributed by atoms with Crippen LogP contribution in [0.25, 0.3) is 0 Å². The van der Waals surface area contributed by atoms with Gasteiger partial charge in [-0.3, -0.25) is 4.79 Å². The third-order valence-electron chi connectivity index (χ3n) is 3.17. The molecule has 1 fully saturated rings. The molecule has 1 amide bonds. The summed E-state index contributed by atoms with van der Waals surface area (Å²) in [6, 6.07) is 7.91. The van der Waals surface area contributed by atoms with E-state index in [9.17, 15) is 4.79 Å². The number of carbonyl (C=O) groups excluding carboxylic acids is 1. The van der Waals surface area contributed by atoms with Gasteiger partial charge in [0.25, 0.3) is 0 Å². The maximum Gasteiger partial charge on any atom is 0.224 e. The first kappa shape index (κ1) is 12.4. The number of para-hydroxylation sites is 1. The number of hydrogen-bond donors (Lipinski definition) is 0. The normalized spacial score (nSPS) is 21.7. The van der Waals surface area contributed by atoms with Crippen molar-refractivity contribution in [2.45, 2.75) is 24.2 Å². The molecule has 92 valence electrons. The molecule has 2 rings (SSSR count). The molecule has 17 heavy (non-hydrogen) atoms. The number of benzene rings is 1. The van der Waals surface area contributed by atoms with Gasteiger partial charge in [-0.2, -0.15) is 0 Å². The zero-order valence-electron chi connectivity index (χ0n) is 10.0. The summed E-state index contributed by atoms with van der Waals surface area (Å²) in [5.41, 5.74) is 1.06. The maximum atomic E-state index is 11.9. The van der Waals surface area contributed by atoms with Gasteiger partial charge in [-0.1, -0.05) is 34.1 Å². The quantitative estimate of drug-likeness (QED) is 0.803. The Morgan fingerprint density at radius 2 is 2.18 bits per heavy atom. The number of ether oxygens (including phenoxy) is 1. The van der Waals surface area contributed by atoms with Crippen LogP contribution in [0.2, 0.25) is 0 Å².